The molecule has 2 N–H and O–H groups in total. The highest BCUT2D eigenvalue weighted by Gasteiger charge is 2.25. The van der Waals surface area contributed by atoms with E-state index in [1.807, 2.05) is 18.0 Å². The van der Waals surface area contributed by atoms with Crippen molar-refractivity contribution >= 4 is 5.91 Å². The number of likely N-dealkylation sites (tertiary alicyclic amines) is 1. The summed E-state index contributed by atoms with van der Waals surface area (Å²) in [6, 6.07) is 4.69. The van der Waals surface area contributed by atoms with Crippen LogP contribution < -0.4 is 5.56 Å². The summed E-state index contributed by atoms with van der Waals surface area (Å²) in [5.74, 6) is 0.330. The van der Waals surface area contributed by atoms with Crippen LogP contribution in [-0.4, -0.2) is 39.1 Å². The van der Waals surface area contributed by atoms with Crippen LogP contribution in [0.2, 0.25) is 0 Å². The predicted octanol–water partition coefficient (Wildman–Crippen LogP) is 1.50. The molecule has 1 aliphatic heterocycles. The lowest BCUT2D eigenvalue weighted by Gasteiger charge is -2.32. The van der Waals surface area contributed by atoms with Crippen molar-refractivity contribution in [1.82, 2.24) is 20.1 Å². The number of nitrogens with zero attached hydrogens (tertiary/aromatic N) is 2. The smallest absolute Gasteiger partial charge is 0.270 e. The number of amides is 1. The van der Waals surface area contributed by atoms with Crippen molar-refractivity contribution in [2.24, 2.45) is 5.92 Å². The molecule has 0 aliphatic carbocycles. The van der Waals surface area contributed by atoms with E-state index in [-0.39, 0.29) is 11.5 Å². The highest BCUT2D eigenvalue weighted by molar-refractivity contribution is 5.92. The maximum Gasteiger partial charge on any atom is 0.270 e. The van der Waals surface area contributed by atoms with Crippen LogP contribution in [0.15, 0.2) is 29.2 Å². The van der Waals surface area contributed by atoms with Gasteiger partial charge in [0.25, 0.3) is 5.91 Å². The fourth-order valence-corrected chi connectivity index (χ4v) is 3.03. The molecule has 0 saturated carbocycles. The quantitative estimate of drug-likeness (QED) is 0.901. The molecule has 3 rings (SSSR count). The number of aromatic nitrogens is 3. The minimum absolute atomic E-state index is 0.0938. The molecule has 22 heavy (non-hydrogen) atoms. The van der Waals surface area contributed by atoms with E-state index >= 15 is 0 Å². The molecule has 1 saturated heterocycles. The zero-order valence-corrected chi connectivity index (χ0v) is 12.6. The third-order valence-corrected chi connectivity index (χ3v) is 4.23. The summed E-state index contributed by atoms with van der Waals surface area (Å²) in [5.41, 5.74) is 2.43. The number of piperidine rings is 1. The largest absolute Gasteiger partial charge is 0.337 e. The first-order valence-electron chi connectivity index (χ1n) is 7.61. The lowest BCUT2D eigenvalue weighted by atomic mass is 9.92. The lowest BCUT2D eigenvalue weighted by molar-refractivity contribution is 0.0666. The van der Waals surface area contributed by atoms with E-state index in [0.29, 0.717) is 18.2 Å². The highest BCUT2D eigenvalue weighted by atomic mass is 16.2. The van der Waals surface area contributed by atoms with Crippen LogP contribution in [0.1, 0.15) is 34.6 Å². The van der Waals surface area contributed by atoms with Gasteiger partial charge in [-0.05, 0) is 43.7 Å². The number of rotatable bonds is 3. The van der Waals surface area contributed by atoms with Gasteiger partial charge in [0.15, 0.2) is 0 Å². The van der Waals surface area contributed by atoms with E-state index in [0.717, 1.165) is 37.1 Å². The van der Waals surface area contributed by atoms with E-state index in [2.05, 4.69) is 15.2 Å². The Kier molecular flexibility index (Phi) is 4.09. The third kappa shape index (κ3) is 3.10. The van der Waals surface area contributed by atoms with Crippen LogP contribution in [0.5, 0.6) is 0 Å². The Morgan fingerprint density at radius 3 is 3.05 bits per heavy atom. The van der Waals surface area contributed by atoms with Crippen molar-refractivity contribution in [1.29, 1.82) is 0 Å². The molecule has 0 spiro atoms. The second kappa shape index (κ2) is 6.17. The molecule has 6 heteroatoms. The van der Waals surface area contributed by atoms with Gasteiger partial charge in [-0.15, -0.1) is 0 Å². The van der Waals surface area contributed by atoms with E-state index in [9.17, 15) is 9.59 Å². The van der Waals surface area contributed by atoms with Crippen LogP contribution in [0.25, 0.3) is 0 Å². The van der Waals surface area contributed by atoms with E-state index < -0.39 is 0 Å². The number of nitrogens with one attached hydrogen (secondary N) is 2. The van der Waals surface area contributed by atoms with Gasteiger partial charge in [0, 0.05) is 24.8 Å². The third-order valence-electron chi connectivity index (χ3n) is 4.23. The van der Waals surface area contributed by atoms with Crippen molar-refractivity contribution < 1.29 is 4.79 Å². The SMILES string of the molecule is Cc1cn[nH]c1C[C@H]1CCCN(C(=O)c2cccc(=O)[nH]2)C1. The minimum atomic E-state index is -0.243. The van der Waals surface area contributed by atoms with Crippen molar-refractivity contribution in [3.05, 3.63) is 51.7 Å². The van der Waals surface area contributed by atoms with E-state index in [1.165, 1.54) is 6.07 Å². The standard InChI is InChI=1S/C16H20N4O2/c1-11-9-17-19-14(11)8-12-4-3-7-20(10-12)16(22)13-5-2-6-15(21)18-13/h2,5-6,9,12H,3-4,7-8,10H2,1H3,(H,17,19)(H,18,21)/t12-/m1/s1. The number of pyridine rings is 1. The van der Waals surface area contributed by atoms with Gasteiger partial charge in [0.1, 0.15) is 5.69 Å². The van der Waals surface area contributed by atoms with Crippen LogP contribution in [-0.2, 0) is 6.42 Å². The molecule has 0 aromatic carbocycles. The fourth-order valence-electron chi connectivity index (χ4n) is 3.03. The Bertz CT molecular complexity index is 719. The topological polar surface area (TPSA) is 81.8 Å². The monoisotopic (exact) mass is 300 g/mol. The van der Waals surface area contributed by atoms with Gasteiger partial charge in [0.2, 0.25) is 5.56 Å². The minimum Gasteiger partial charge on any atom is -0.337 e. The highest BCUT2D eigenvalue weighted by Crippen LogP contribution is 2.22. The second-order valence-corrected chi connectivity index (χ2v) is 5.92. The molecule has 0 radical (unpaired) electrons. The Balaban J connectivity index is 1.69. The number of hydrogen-bond donors (Lipinski definition) is 2. The molecule has 116 valence electrons. The molecule has 6 nitrogen and oxygen atoms in total. The van der Waals surface area contributed by atoms with Crippen molar-refractivity contribution in [3.8, 4) is 0 Å². The summed E-state index contributed by atoms with van der Waals surface area (Å²) in [4.78, 5) is 28.3. The molecule has 1 amide bonds. The van der Waals surface area contributed by atoms with Crippen LogP contribution >= 0.6 is 0 Å². The van der Waals surface area contributed by atoms with Crippen LogP contribution in [0.4, 0.5) is 0 Å². The number of carbonyl (C=O) groups is 1. The van der Waals surface area contributed by atoms with Crippen LogP contribution in [0, 0.1) is 12.8 Å². The summed E-state index contributed by atoms with van der Waals surface area (Å²) in [6.45, 7) is 3.50. The molecular formula is C16H20N4O2. The first-order valence-corrected chi connectivity index (χ1v) is 7.61. The van der Waals surface area contributed by atoms with Gasteiger partial charge in [-0.25, -0.2) is 0 Å². The first kappa shape index (κ1) is 14.6. The molecule has 2 aromatic rings. The van der Waals surface area contributed by atoms with E-state index in [1.54, 1.807) is 12.1 Å². The fraction of sp³-hybridized carbons (Fsp3) is 0.438. The maximum absolute atomic E-state index is 12.5. The Labute approximate surface area is 128 Å². The number of aryl methyl sites for hydroxylation is 1. The summed E-state index contributed by atoms with van der Waals surface area (Å²) in [7, 11) is 0. The maximum atomic E-state index is 12.5. The van der Waals surface area contributed by atoms with Gasteiger partial charge in [-0.3, -0.25) is 14.7 Å². The molecule has 2 aromatic heterocycles. The number of aromatic amines is 2. The van der Waals surface area contributed by atoms with Gasteiger partial charge >= 0.3 is 0 Å². The lowest BCUT2D eigenvalue weighted by Crippen LogP contribution is -2.41. The summed E-state index contributed by atoms with van der Waals surface area (Å²) in [6.07, 6.45) is 4.82. The number of hydrogen-bond acceptors (Lipinski definition) is 3. The van der Waals surface area contributed by atoms with Gasteiger partial charge in [0.05, 0.1) is 6.20 Å². The molecule has 1 fully saturated rings. The summed E-state index contributed by atoms with van der Waals surface area (Å²) >= 11 is 0. The van der Waals surface area contributed by atoms with Gasteiger partial charge in [-0.1, -0.05) is 6.07 Å². The normalized spacial score (nSPS) is 18.4. The summed E-state index contributed by atoms with van der Waals surface area (Å²) in [5, 5.41) is 7.09. The van der Waals surface area contributed by atoms with Crippen molar-refractivity contribution in [2.75, 3.05) is 13.1 Å². The average molecular weight is 300 g/mol. The molecule has 1 atom stereocenters. The molecule has 0 unspecified atom stereocenters. The summed E-state index contributed by atoms with van der Waals surface area (Å²) < 4.78 is 0. The Hall–Kier alpha value is -2.37. The van der Waals surface area contributed by atoms with Crippen molar-refractivity contribution in [2.45, 2.75) is 26.2 Å². The molecule has 1 aliphatic rings. The molecule has 0 bridgehead atoms. The first-order chi connectivity index (χ1) is 10.6. The number of H-pyrrole nitrogens is 2. The Morgan fingerprint density at radius 2 is 2.32 bits per heavy atom. The van der Waals surface area contributed by atoms with Gasteiger partial charge in [-0.2, -0.15) is 5.10 Å². The van der Waals surface area contributed by atoms with E-state index in [4.69, 9.17) is 0 Å². The zero-order valence-electron chi connectivity index (χ0n) is 12.6. The van der Waals surface area contributed by atoms with Crippen molar-refractivity contribution in [3.63, 3.8) is 0 Å². The number of carbonyl (C=O) groups excluding carboxylic acids is 1. The second-order valence-electron chi connectivity index (χ2n) is 5.92. The zero-order chi connectivity index (χ0) is 15.5. The Morgan fingerprint density at radius 1 is 1.45 bits per heavy atom. The predicted molar refractivity (Wildman–Crippen MR) is 82.7 cm³/mol. The average Bonchev–Trinajstić information content (AvgIpc) is 2.92. The van der Waals surface area contributed by atoms with Gasteiger partial charge < -0.3 is 9.88 Å². The molecule has 3 heterocycles. The van der Waals surface area contributed by atoms with Crippen LogP contribution in [0.3, 0.4) is 0 Å². The molecular weight excluding hydrogens is 280 g/mol.